The molecular weight excluding hydrogens is 266 g/mol. The van der Waals surface area contributed by atoms with Gasteiger partial charge in [0.1, 0.15) is 0 Å². The molecule has 0 aliphatic heterocycles. The maximum Gasteiger partial charge on any atom is 0.166 e. The first kappa shape index (κ1) is 13.1. The lowest BCUT2D eigenvalue weighted by atomic mass is 10.3. The van der Waals surface area contributed by atoms with Crippen molar-refractivity contribution >= 4 is 28.5 Å². The minimum Gasteiger partial charge on any atom is -0.385 e. The third-order valence-electron chi connectivity index (χ3n) is 3.03. The first-order valence-electron chi connectivity index (χ1n) is 6.78. The summed E-state index contributed by atoms with van der Waals surface area (Å²) in [6.07, 6.45) is 1.11. The molecule has 0 bridgehead atoms. The minimum absolute atomic E-state index is 0.983. The highest BCUT2D eigenvalue weighted by atomic mass is 32.2. The van der Waals surface area contributed by atoms with Gasteiger partial charge in [0, 0.05) is 18.0 Å². The Kier molecular flexibility index (Phi) is 4.23. The van der Waals surface area contributed by atoms with Crippen LogP contribution in [-0.4, -0.2) is 22.3 Å². The van der Waals surface area contributed by atoms with Crippen LogP contribution in [0.1, 0.15) is 6.42 Å². The molecule has 1 heterocycles. The van der Waals surface area contributed by atoms with Gasteiger partial charge in [-0.15, -0.1) is 0 Å². The van der Waals surface area contributed by atoms with Gasteiger partial charge < -0.3 is 10.3 Å². The average Bonchev–Trinajstić information content (AvgIpc) is 2.90. The fourth-order valence-electron chi connectivity index (χ4n) is 2.03. The molecule has 0 radical (unpaired) electrons. The van der Waals surface area contributed by atoms with Crippen LogP contribution in [0, 0.1) is 0 Å². The van der Waals surface area contributed by atoms with Crippen molar-refractivity contribution in [1.82, 2.24) is 9.97 Å². The Morgan fingerprint density at radius 1 is 1.00 bits per heavy atom. The van der Waals surface area contributed by atoms with Crippen LogP contribution in [0.4, 0.5) is 5.69 Å². The molecule has 0 spiro atoms. The maximum atomic E-state index is 4.56. The molecule has 4 heteroatoms. The molecule has 3 nitrogen and oxygen atoms in total. The van der Waals surface area contributed by atoms with Gasteiger partial charge >= 0.3 is 0 Å². The van der Waals surface area contributed by atoms with Crippen LogP contribution in [0.15, 0.2) is 59.8 Å². The lowest BCUT2D eigenvalue weighted by molar-refractivity contribution is 0.982. The van der Waals surface area contributed by atoms with Crippen molar-refractivity contribution < 1.29 is 0 Å². The van der Waals surface area contributed by atoms with Crippen molar-refractivity contribution in [3.63, 3.8) is 0 Å². The van der Waals surface area contributed by atoms with Crippen LogP contribution in [0.3, 0.4) is 0 Å². The number of nitrogens with one attached hydrogen (secondary N) is 2. The first-order chi connectivity index (χ1) is 9.92. The molecule has 2 N–H and O–H groups in total. The molecule has 20 heavy (non-hydrogen) atoms. The summed E-state index contributed by atoms with van der Waals surface area (Å²) in [4.78, 5) is 7.89. The molecule has 1 aromatic heterocycles. The summed E-state index contributed by atoms with van der Waals surface area (Å²) in [5.41, 5.74) is 3.33. The molecule has 0 saturated heterocycles. The van der Waals surface area contributed by atoms with Gasteiger partial charge in [0.15, 0.2) is 5.16 Å². The van der Waals surface area contributed by atoms with Crippen LogP contribution in [0.5, 0.6) is 0 Å². The van der Waals surface area contributed by atoms with E-state index >= 15 is 0 Å². The standard InChI is InChI=1S/C16H17N3S/c1-2-7-13(8-3-1)17-11-6-12-20-16-18-14-9-4-5-10-15(14)19-16/h1-5,7-10,17H,6,11-12H2,(H,18,19). The van der Waals surface area contributed by atoms with Gasteiger partial charge in [0.2, 0.25) is 0 Å². The molecule has 0 fully saturated rings. The fraction of sp³-hybridized carbons (Fsp3) is 0.188. The van der Waals surface area contributed by atoms with E-state index < -0.39 is 0 Å². The van der Waals surface area contributed by atoms with E-state index in [1.54, 1.807) is 11.8 Å². The maximum absolute atomic E-state index is 4.56. The van der Waals surface area contributed by atoms with E-state index in [4.69, 9.17) is 0 Å². The minimum atomic E-state index is 0.983. The lowest BCUT2D eigenvalue weighted by Gasteiger charge is -2.04. The van der Waals surface area contributed by atoms with Crippen LogP contribution in [-0.2, 0) is 0 Å². The van der Waals surface area contributed by atoms with Crippen molar-refractivity contribution in [2.24, 2.45) is 0 Å². The first-order valence-corrected chi connectivity index (χ1v) is 7.77. The van der Waals surface area contributed by atoms with E-state index in [2.05, 4.69) is 33.5 Å². The van der Waals surface area contributed by atoms with Crippen molar-refractivity contribution in [3.05, 3.63) is 54.6 Å². The highest BCUT2D eigenvalue weighted by Gasteiger charge is 2.01. The van der Waals surface area contributed by atoms with Gasteiger partial charge in [-0.3, -0.25) is 0 Å². The van der Waals surface area contributed by atoms with Gasteiger partial charge in [0.25, 0.3) is 0 Å². The molecule has 3 aromatic rings. The number of rotatable bonds is 6. The normalized spacial score (nSPS) is 10.8. The average molecular weight is 283 g/mol. The molecule has 0 aliphatic rings. The highest BCUT2D eigenvalue weighted by molar-refractivity contribution is 7.99. The Labute approximate surface area is 122 Å². The van der Waals surface area contributed by atoms with E-state index in [-0.39, 0.29) is 0 Å². The van der Waals surface area contributed by atoms with Gasteiger partial charge in [-0.2, -0.15) is 0 Å². The number of benzene rings is 2. The zero-order chi connectivity index (χ0) is 13.6. The smallest absolute Gasteiger partial charge is 0.166 e. The molecular formula is C16H17N3S. The second-order valence-corrected chi connectivity index (χ2v) is 5.64. The summed E-state index contributed by atoms with van der Waals surface area (Å²) in [6, 6.07) is 18.4. The third kappa shape index (κ3) is 3.33. The van der Waals surface area contributed by atoms with Crippen molar-refractivity contribution in [2.45, 2.75) is 11.6 Å². The van der Waals surface area contributed by atoms with Gasteiger partial charge in [-0.25, -0.2) is 4.98 Å². The number of nitrogens with zero attached hydrogens (tertiary/aromatic N) is 1. The summed E-state index contributed by atoms with van der Waals surface area (Å²) >= 11 is 1.77. The number of H-pyrrole nitrogens is 1. The highest BCUT2D eigenvalue weighted by Crippen LogP contribution is 2.19. The molecule has 0 saturated carbocycles. The summed E-state index contributed by atoms with van der Waals surface area (Å²) in [7, 11) is 0. The second kappa shape index (κ2) is 6.48. The number of hydrogen-bond donors (Lipinski definition) is 2. The Morgan fingerprint density at radius 2 is 1.80 bits per heavy atom. The molecule has 0 atom stereocenters. The number of imidazole rings is 1. The number of thioether (sulfide) groups is 1. The molecule has 0 unspecified atom stereocenters. The summed E-state index contributed by atoms with van der Waals surface area (Å²) in [5, 5.41) is 4.42. The molecule has 3 rings (SSSR count). The number of aromatic amines is 1. The Balaban J connectivity index is 1.43. The van der Waals surface area contributed by atoms with E-state index in [1.807, 2.05) is 36.4 Å². The number of fused-ring (bicyclic) bond motifs is 1. The number of anilines is 1. The SMILES string of the molecule is c1ccc(NCCCSc2nc3ccccc3[nH]2)cc1. The van der Waals surface area contributed by atoms with Crippen molar-refractivity contribution in [1.29, 1.82) is 0 Å². The molecule has 0 aliphatic carbocycles. The fourth-order valence-corrected chi connectivity index (χ4v) is 2.85. The van der Waals surface area contributed by atoms with E-state index in [1.165, 1.54) is 5.69 Å². The number of hydrogen-bond acceptors (Lipinski definition) is 3. The van der Waals surface area contributed by atoms with E-state index in [0.717, 1.165) is 34.9 Å². The second-order valence-electron chi connectivity index (χ2n) is 4.55. The van der Waals surface area contributed by atoms with Crippen LogP contribution in [0.2, 0.25) is 0 Å². The molecule has 102 valence electrons. The Morgan fingerprint density at radius 3 is 2.65 bits per heavy atom. The zero-order valence-corrected chi connectivity index (χ0v) is 12.0. The Hall–Kier alpha value is -1.94. The quantitative estimate of drug-likeness (QED) is 0.527. The predicted octanol–water partition coefficient (Wildman–Crippen LogP) is 4.16. The van der Waals surface area contributed by atoms with Crippen LogP contribution < -0.4 is 5.32 Å². The third-order valence-corrected chi connectivity index (χ3v) is 3.99. The summed E-state index contributed by atoms with van der Waals surface area (Å²) < 4.78 is 0. The van der Waals surface area contributed by atoms with Crippen LogP contribution >= 0.6 is 11.8 Å². The molecule has 0 amide bonds. The van der Waals surface area contributed by atoms with Gasteiger partial charge in [-0.05, 0) is 30.7 Å². The summed E-state index contributed by atoms with van der Waals surface area (Å²) in [5.74, 6) is 1.06. The largest absolute Gasteiger partial charge is 0.385 e. The van der Waals surface area contributed by atoms with Crippen LogP contribution in [0.25, 0.3) is 11.0 Å². The summed E-state index contributed by atoms with van der Waals surface area (Å²) in [6.45, 7) is 0.983. The van der Waals surface area contributed by atoms with Crippen molar-refractivity contribution in [2.75, 3.05) is 17.6 Å². The Bertz CT molecular complexity index is 631. The monoisotopic (exact) mass is 283 g/mol. The number of aromatic nitrogens is 2. The van der Waals surface area contributed by atoms with E-state index in [9.17, 15) is 0 Å². The lowest BCUT2D eigenvalue weighted by Crippen LogP contribution is -2.02. The predicted molar refractivity (Wildman–Crippen MR) is 86.4 cm³/mol. The van der Waals surface area contributed by atoms with Gasteiger partial charge in [0.05, 0.1) is 11.0 Å². The topological polar surface area (TPSA) is 40.7 Å². The van der Waals surface area contributed by atoms with Gasteiger partial charge in [-0.1, -0.05) is 42.1 Å². The zero-order valence-electron chi connectivity index (χ0n) is 11.2. The van der Waals surface area contributed by atoms with E-state index in [0.29, 0.717) is 0 Å². The number of para-hydroxylation sites is 3. The molecule has 2 aromatic carbocycles. The van der Waals surface area contributed by atoms with Crippen molar-refractivity contribution in [3.8, 4) is 0 Å².